The minimum Gasteiger partial charge on any atom is -0.457 e. The van der Waals surface area contributed by atoms with E-state index in [9.17, 15) is 14.7 Å². The molecule has 9 nitrogen and oxygen atoms in total. The second kappa shape index (κ2) is 11.1. The zero-order chi connectivity index (χ0) is 27.6. The third-order valence-electron chi connectivity index (χ3n) is 7.25. The highest BCUT2D eigenvalue weighted by Gasteiger charge is 2.33. The Kier molecular flexibility index (Phi) is 7.21. The van der Waals surface area contributed by atoms with Gasteiger partial charge in [0.2, 0.25) is 5.91 Å². The van der Waals surface area contributed by atoms with Crippen LogP contribution >= 0.6 is 11.3 Å². The standard InChI is InChI=1S/C30H29N5O4S/c1-2-24(36)32-18-8-10-19(11-9-18)33-28(37)27-26-25-23(16-17-31-29(25)40-27)35(30(38)34-26)20-12-14-22(15-13-20)39-21-6-4-3-5-7-21/h2-7,12-19,28,33,37H,1,8-11H2,(H,32,36)(H,34,38). The molecule has 204 valence electrons. The molecule has 0 spiro atoms. The van der Waals surface area contributed by atoms with Gasteiger partial charge in [-0.15, -0.1) is 11.3 Å². The highest BCUT2D eigenvalue weighted by atomic mass is 32.1. The number of amides is 3. The van der Waals surface area contributed by atoms with Crippen LogP contribution in [0, 0.1) is 0 Å². The Bertz CT molecular complexity index is 1550. The third kappa shape index (κ3) is 5.16. The summed E-state index contributed by atoms with van der Waals surface area (Å²) in [6.07, 6.45) is 5.26. The summed E-state index contributed by atoms with van der Waals surface area (Å²) in [4.78, 5) is 32.5. The van der Waals surface area contributed by atoms with Crippen molar-refractivity contribution in [3.8, 4) is 11.5 Å². The number of benzene rings is 2. The zero-order valence-electron chi connectivity index (χ0n) is 21.7. The Labute approximate surface area is 235 Å². The second-order valence-corrected chi connectivity index (χ2v) is 10.9. The molecule has 1 saturated carbocycles. The van der Waals surface area contributed by atoms with E-state index in [1.807, 2.05) is 60.7 Å². The van der Waals surface area contributed by atoms with Gasteiger partial charge in [-0.1, -0.05) is 24.8 Å². The molecule has 4 aromatic rings. The lowest BCUT2D eigenvalue weighted by Gasteiger charge is -2.31. The summed E-state index contributed by atoms with van der Waals surface area (Å²) in [7, 11) is 0. The molecule has 2 aromatic heterocycles. The lowest BCUT2D eigenvalue weighted by Crippen LogP contribution is -2.42. The average molecular weight is 556 g/mol. The van der Waals surface area contributed by atoms with E-state index >= 15 is 0 Å². The molecule has 3 amide bonds. The van der Waals surface area contributed by atoms with Gasteiger partial charge < -0.3 is 20.5 Å². The van der Waals surface area contributed by atoms with E-state index in [1.54, 1.807) is 11.1 Å². The minimum atomic E-state index is -0.965. The van der Waals surface area contributed by atoms with Gasteiger partial charge in [0.1, 0.15) is 22.6 Å². The maximum Gasteiger partial charge on any atom is 0.331 e. The Morgan fingerprint density at radius 3 is 2.50 bits per heavy atom. The first-order chi connectivity index (χ1) is 19.5. The van der Waals surface area contributed by atoms with Gasteiger partial charge in [-0.05, 0) is 74.2 Å². The number of pyridine rings is 1. The number of hydrogen-bond acceptors (Lipinski definition) is 7. The number of thiophene rings is 1. The number of carbonyl (C=O) groups is 2. The van der Waals surface area contributed by atoms with Crippen LogP contribution in [0.5, 0.6) is 11.5 Å². The molecule has 6 rings (SSSR count). The average Bonchev–Trinajstić information content (AvgIpc) is 3.35. The summed E-state index contributed by atoms with van der Waals surface area (Å²) >= 11 is 1.36. The number of carbonyl (C=O) groups excluding carboxylic acids is 2. The van der Waals surface area contributed by atoms with E-state index in [2.05, 4.69) is 27.5 Å². The van der Waals surface area contributed by atoms with Gasteiger partial charge in [-0.25, -0.2) is 9.78 Å². The first-order valence-electron chi connectivity index (χ1n) is 13.2. The number of nitrogens with zero attached hydrogens (tertiary/aromatic N) is 2. The van der Waals surface area contributed by atoms with Crippen molar-refractivity contribution >= 4 is 50.6 Å². The topological polar surface area (TPSA) is 116 Å². The maximum absolute atomic E-state index is 13.4. The molecule has 3 heterocycles. The number of para-hydroxylation sites is 1. The molecule has 1 fully saturated rings. The van der Waals surface area contributed by atoms with Gasteiger partial charge in [0.05, 0.1) is 27.3 Å². The Hall–Kier alpha value is -4.25. The van der Waals surface area contributed by atoms with E-state index in [4.69, 9.17) is 4.74 Å². The second-order valence-electron chi connectivity index (χ2n) is 9.86. The highest BCUT2D eigenvalue weighted by molar-refractivity contribution is 7.19. The normalized spacial score (nSPS) is 19.1. The van der Waals surface area contributed by atoms with E-state index in [0.29, 0.717) is 27.7 Å². The molecule has 0 bridgehead atoms. The molecule has 40 heavy (non-hydrogen) atoms. The summed E-state index contributed by atoms with van der Waals surface area (Å²) in [5, 5.41) is 21.2. The monoisotopic (exact) mass is 555 g/mol. The lowest BCUT2D eigenvalue weighted by molar-refractivity contribution is -0.117. The fraction of sp³-hybridized carbons (Fsp3) is 0.233. The predicted octanol–water partition coefficient (Wildman–Crippen LogP) is 5.97. The molecule has 1 aliphatic carbocycles. The fourth-order valence-electron chi connectivity index (χ4n) is 5.31. The van der Waals surface area contributed by atoms with Crippen LogP contribution in [0.2, 0.25) is 0 Å². The van der Waals surface area contributed by atoms with Gasteiger partial charge >= 0.3 is 6.03 Å². The number of rotatable bonds is 8. The maximum atomic E-state index is 13.4. The van der Waals surface area contributed by atoms with Crippen LogP contribution in [0.15, 0.2) is 79.5 Å². The van der Waals surface area contributed by atoms with Gasteiger partial charge in [-0.3, -0.25) is 15.0 Å². The minimum absolute atomic E-state index is 0.0872. The van der Waals surface area contributed by atoms with Crippen molar-refractivity contribution in [1.82, 2.24) is 15.6 Å². The number of hydrogen-bond donors (Lipinski definition) is 4. The first-order valence-corrected chi connectivity index (χ1v) is 14.0. The van der Waals surface area contributed by atoms with Crippen LogP contribution < -0.4 is 25.6 Å². The van der Waals surface area contributed by atoms with Crippen molar-refractivity contribution < 1.29 is 19.4 Å². The Morgan fingerprint density at radius 2 is 1.77 bits per heavy atom. The van der Waals surface area contributed by atoms with Gasteiger partial charge in [0.15, 0.2) is 0 Å². The van der Waals surface area contributed by atoms with Gasteiger partial charge in [0, 0.05) is 18.3 Å². The van der Waals surface area contributed by atoms with Crippen molar-refractivity contribution in [2.24, 2.45) is 0 Å². The summed E-state index contributed by atoms with van der Waals surface area (Å²) in [6.45, 7) is 3.50. The molecule has 1 aliphatic heterocycles. The van der Waals surface area contributed by atoms with Crippen LogP contribution in [0.4, 0.5) is 21.9 Å². The fourth-order valence-corrected chi connectivity index (χ4v) is 6.37. The van der Waals surface area contributed by atoms with Crippen molar-refractivity contribution in [1.29, 1.82) is 0 Å². The number of aromatic nitrogens is 1. The lowest BCUT2D eigenvalue weighted by atomic mass is 9.91. The molecule has 0 saturated heterocycles. The van der Waals surface area contributed by atoms with Crippen LogP contribution in [0.1, 0.15) is 36.8 Å². The molecule has 0 radical (unpaired) electrons. The summed E-state index contributed by atoms with van der Waals surface area (Å²) in [6, 6.07) is 18.5. The predicted molar refractivity (Wildman–Crippen MR) is 156 cm³/mol. The molecule has 10 heteroatoms. The number of aliphatic hydroxyl groups excluding tert-OH is 1. The van der Waals surface area contributed by atoms with Crippen molar-refractivity contribution in [2.45, 2.75) is 44.0 Å². The highest BCUT2D eigenvalue weighted by Crippen LogP contribution is 2.47. The Balaban J connectivity index is 1.21. The number of urea groups is 1. The molecule has 2 aromatic carbocycles. The number of nitrogens with one attached hydrogen (secondary N) is 3. The largest absolute Gasteiger partial charge is 0.457 e. The van der Waals surface area contributed by atoms with E-state index in [1.165, 1.54) is 17.4 Å². The third-order valence-corrected chi connectivity index (χ3v) is 8.40. The SMILES string of the molecule is C=CC(=O)NC1CCC(NC(O)c2sc3nccc4c3c2NC(=O)N4c2ccc(Oc3ccccc3)cc2)CC1. The smallest absolute Gasteiger partial charge is 0.331 e. The van der Waals surface area contributed by atoms with E-state index in [-0.39, 0.29) is 24.0 Å². The molecule has 1 unspecified atom stereocenters. The summed E-state index contributed by atoms with van der Waals surface area (Å²) < 4.78 is 5.90. The van der Waals surface area contributed by atoms with E-state index in [0.717, 1.165) is 41.6 Å². The first kappa shape index (κ1) is 26.0. The molecular weight excluding hydrogens is 526 g/mol. The zero-order valence-corrected chi connectivity index (χ0v) is 22.5. The van der Waals surface area contributed by atoms with Gasteiger partial charge in [0.25, 0.3) is 0 Å². The van der Waals surface area contributed by atoms with E-state index < -0.39 is 6.23 Å². The van der Waals surface area contributed by atoms with Crippen molar-refractivity contribution in [3.63, 3.8) is 0 Å². The van der Waals surface area contributed by atoms with Crippen LogP contribution in [0.3, 0.4) is 0 Å². The van der Waals surface area contributed by atoms with Crippen molar-refractivity contribution in [2.75, 3.05) is 10.2 Å². The molecular formula is C30H29N5O4S. The summed E-state index contributed by atoms with van der Waals surface area (Å²) in [5.41, 5.74) is 1.97. The van der Waals surface area contributed by atoms with Gasteiger partial charge in [-0.2, -0.15) is 0 Å². The Morgan fingerprint density at radius 1 is 1.07 bits per heavy atom. The van der Waals surface area contributed by atoms with Crippen LogP contribution in [-0.4, -0.2) is 34.1 Å². The van der Waals surface area contributed by atoms with Crippen LogP contribution in [0.25, 0.3) is 10.2 Å². The number of ether oxygens (including phenoxy) is 1. The molecule has 4 N–H and O–H groups in total. The molecule has 2 aliphatic rings. The quantitative estimate of drug-likeness (QED) is 0.157. The van der Waals surface area contributed by atoms with Crippen LogP contribution in [-0.2, 0) is 4.79 Å². The summed E-state index contributed by atoms with van der Waals surface area (Å²) in [5.74, 6) is 1.24. The number of aliphatic hydroxyl groups is 1. The molecule has 1 atom stereocenters. The number of anilines is 3. The van der Waals surface area contributed by atoms with Crippen molar-refractivity contribution in [3.05, 3.63) is 84.4 Å².